The molecule has 0 saturated carbocycles. The van der Waals surface area contributed by atoms with Crippen molar-refractivity contribution >= 4 is 43.7 Å². The van der Waals surface area contributed by atoms with Crippen molar-refractivity contribution in [2.45, 2.75) is 19.3 Å². The third kappa shape index (κ3) is 4.28. The van der Waals surface area contributed by atoms with Crippen LogP contribution in [0.5, 0.6) is 0 Å². The van der Waals surface area contributed by atoms with Gasteiger partial charge in [-0.3, -0.25) is 0 Å². The normalized spacial score (nSPS) is 13.2. The maximum absolute atomic E-state index is 7.03. The summed E-state index contributed by atoms with van der Waals surface area (Å²) < 4.78 is 9.35. The van der Waals surface area contributed by atoms with Crippen molar-refractivity contribution in [1.82, 2.24) is 19.5 Å². The summed E-state index contributed by atoms with van der Waals surface area (Å²) in [4.78, 5) is 15.6. The third-order valence-corrected chi connectivity index (χ3v) is 11.1. The van der Waals surface area contributed by atoms with Crippen molar-refractivity contribution < 1.29 is 4.42 Å². The van der Waals surface area contributed by atoms with Gasteiger partial charge in [0.2, 0.25) is 0 Å². The van der Waals surface area contributed by atoms with Gasteiger partial charge in [0.05, 0.1) is 22.0 Å². The maximum Gasteiger partial charge on any atom is 0.167 e. The molecule has 11 rings (SSSR count). The summed E-state index contributed by atoms with van der Waals surface area (Å²) in [6.07, 6.45) is 0. The minimum Gasteiger partial charge on any atom is -0.455 e. The zero-order valence-electron chi connectivity index (χ0n) is 29.2. The molecule has 0 fully saturated rings. The quantitative estimate of drug-likeness (QED) is 0.186. The highest BCUT2D eigenvalue weighted by Gasteiger charge is 2.37. The fourth-order valence-corrected chi connectivity index (χ4v) is 8.61. The smallest absolute Gasteiger partial charge is 0.167 e. The fourth-order valence-electron chi connectivity index (χ4n) is 8.61. The topological polar surface area (TPSA) is 56.7 Å². The molecule has 3 heterocycles. The van der Waals surface area contributed by atoms with Crippen LogP contribution in [0.4, 0.5) is 0 Å². The molecule has 0 amide bonds. The number of hydrogen-bond donors (Lipinski definition) is 0. The van der Waals surface area contributed by atoms with Crippen LogP contribution < -0.4 is 0 Å². The Kier molecular flexibility index (Phi) is 6.23. The number of para-hydroxylation sites is 3. The van der Waals surface area contributed by atoms with E-state index in [0.717, 1.165) is 66.1 Å². The van der Waals surface area contributed by atoms with E-state index in [2.05, 4.69) is 158 Å². The predicted octanol–water partition coefficient (Wildman–Crippen LogP) is 12.2. The molecule has 1 aliphatic carbocycles. The van der Waals surface area contributed by atoms with Crippen molar-refractivity contribution in [2.24, 2.45) is 0 Å². The lowest BCUT2D eigenvalue weighted by molar-refractivity contribution is 0.660. The molecule has 7 aromatic carbocycles. The van der Waals surface area contributed by atoms with E-state index in [1.165, 1.54) is 22.3 Å². The van der Waals surface area contributed by atoms with Crippen LogP contribution in [0.3, 0.4) is 0 Å². The first kappa shape index (κ1) is 29.8. The van der Waals surface area contributed by atoms with Gasteiger partial charge >= 0.3 is 0 Å². The van der Waals surface area contributed by atoms with Crippen LogP contribution in [-0.2, 0) is 5.41 Å². The number of hydrogen-bond acceptors (Lipinski definition) is 4. The maximum atomic E-state index is 7.03. The average Bonchev–Trinajstić information content (AvgIpc) is 3.84. The lowest BCUT2D eigenvalue weighted by Gasteiger charge is -2.21. The lowest BCUT2D eigenvalue weighted by Crippen LogP contribution is -2.14. The monoisotopic (exact) mass is 680 g/mol. The Morgan fingerprint density at radius 3 is 1.91 bits per heavy atom. The molecule has 0 aliphatic heterocycles. The first-order chi connectivity index (χ1) is 26.1. The van der Waals surface area contributed by atoms with Crippen LogP contribution in [0, 0.1) is 0 Å². The highest BCUT2D eigenvalue weighted by molar-refractivity contribution is 6.24. The number of benzene rings is 7. The minimum atomic E-state index is -0.144. The Morgan fingerprint density at radius 2 is 1.06 bits per heavy atom. The second-order valence-electron chi connectivity index (χ2n) is 14.4. The lowest BCUT2D eigenvalue weighted by atomic mass is 9.82. The fraction of sp³-hybridized carbons (Fsp3) is 0.0625. The molecule has 250 valence electrons. The van der Waals surface area contributed by atoms with Crippen molar-refractivity contribution in [2.75, 3.05) is 0 Å². The van der Waals surface area contributed by atoms with E-state index in [4.69, 9.17) is 19.4 Å². The Bertz CT molecular complexity index is 3080. The van der Waals surface area contributed by atoms with Gasteiger partial charge in [0.15, 0.2) is 17.5 Å². The molecule has 0 unspecified atom stereocenters. The Balaban J connectivity index is 1.18. The molecule has 0 bridgehead atoms. The Morgan fingerprint density at radius 1 is 0.453 bits per heavy atom. The molecule has 5 heteroatoms. The van der Waals surface area contributed by atoms with Gasteiger partial charge in [-0.2, -0.15) is 0 Å². The average molecular weight is 681 g/mol. The standard InChI is InChI=1S/C48H32N4O/c1-48(2)37-24-11-9-19-33(37)41-35(22-14-25-38(41)48)46-49-45(29-15-5-3-6-16-29)50-47(51-46)36-23-13-21-31-32-27-28-40-42(44(32)53-43(31)36)34-20-10-12-26-39(34)52(40)30-17-7-4-8-18-30/h3-28H,1-2H3. The van der Waals surface area contributed by atoms with Crippen LogP contribution in [0.2, 0.25) is 0 Å². The second-order valence-corrected chi connectivity index (χ2v) is 14.4. The highest BCUT2D eigenvalue weighted by atomic mass is 16.3. The predicted molar refractivity (Wildman–Crippen MR) is 215 cm³/mol. The van der Waals surface area contributed by atoms with E-state index in [1.807, 2.05) is 18.2 Å². The number of rotatable bonds is 4. The van der Waals surface area contributed by atoms with E-state index >= 15 is 0 Å². The summed E-state index contributed by atoms with van der Waals surface area (Å²) in [5.74, 6) is 1.83. The van der Waals surface area contributed by atoms with Gasteiger partial charge in [0, 0.05) is 38.4 Å². The van der Waals surface area contributed by atoms with Gasteiger partial charge in [-0.1, -0.05) is 135 Å². The first-order valence-corrected chi connectivity index (χ1v) is 18.0. The SMILES string of the molecule is CC1(C)c2ccccc2-c2c(-c3nc(-c4ccccc4)nc(-c4cccc5c4oc4c5ccc5c4c4ccccc4n5-c4ccccc4)n3)cccc21. The number of aromatic nitrogens is 4. The zero-order chi connectivity index (χ0) is 35.3. The van der Waals surface area contributed by atoms with Crippen LogP contribution in [-0.4, -0.2) is 19.5 Å². The Hall–Kier alpha value is -6.85. The van der Waals surface area contributed by atoms with Crippen LogP contribution in [0.1, 0.15) is 25.0 Å². The summed E-state index contributed by atoms with van der Waals surface area (Å²) in [7, 11) is 0. The van der Waals surface area contributed by atoms with E-state index < -0.39 is 0 Å². The largest absolute Gasteiger partial charge is 0.455 e. The highest BCUT2D eigenvalue weighted by Crippen LogP contribution is 2.52. The van der Waals surface area contributed by atoms with E-state index in [9.17, 15) is 0 Å². The number of nitrogens with zero attached hydrogens (tertiary/aromatic N) is 4. The molecular weight excluding hydrogens is 649 g/mol. The summed E-state index contributed by atoms with van der Waals surface area (Å²) in [5.41, 5.74) is 12.6. The van der Waals surface area contributed by atoms with Crippen molar-refractivity contribution in [3.63, 3.8) is 0 Å². The van der Waals surface area contributed by atoms with E-state index in [1.54, 1.807) is 0 Å². The van der Waals surface area contributed by atoms with Gasteiger partial charge in [-0.25, -0.2) is 15.0 Å². The third-order valence-electron chi connectivity index (χ3n) is 11.1. The molecule has 0 saturated heterocycles. The molecule has 5 nitrogen and oxygen atoms in total. The molecule has 10 aromatic rings. The molecule has 0 atom stereocenters. The molecular formula is C48H32N4O. The minimum absolute atomic E-state index is 0.144. The number of furan rings is 1. The van der Waals surface area contributed by atoms with Crippen LogP contribution in [0.15, 0.2) is 162 Å². The van der Waals surface area contributed by atoms with E-state index in [0.29, 0.717) is 17.5 Å². The summed E-state index contributed by atoms with van der Waals surface area (Å²) >= 11 is 0. The Labute approximate surface area is 305 Å². The second kappa shape index (κ2) is 11.1. The summed E-state index contributed by atoms with van der Waals surface area (Å²) in [6, 6.07) is 55.1. The first-order valence-electron chi connectivity index (χ1n) is 18.0. The molecule has 0 spiro atoms. The summed E-state index contributed by atoms with van der Waals surface area (Å²) in [5, 5.41) is 4.32. The molecule has 3 aromatic heterocycles. The van der Waals surface area contributed by atoms with Crippen molar-refractivity contribution in [1.29, 1.82) is 0 Å². The van der Waals surface area contributed by atoms with Gasteiger partial charge in [-0.15, -0.1) is 0 Å². The van der Waals surface area contributed by atoms with Crippen LogP contribution >= 0.6 is 0 Å². The molecule has 53 heavy (non-hydrogen) atoms. The van der Waals surface area contributed by atoms with Gasteiger partial charge < -0.3 is 8.98 Å². The molecule has 0 radical (unpaired) electrons. The van der Waals surface area contributed by atoms with Gasteiger partial charge in [0.1, 0.15) is 11.2 Å². The molecule has 0 N–H and O–H groups in total. The van der Waals surface area contributed by atoms with Crippen LogP contribution in [0.25, 0.3) is 94.7 Å². The van der Waals surface area contributed by atoms with E-state index in [-0.39, 0.29) is 5.41 Å². The van der Waals surface area contributed by atoms with Crippen molar-refractivity contribution in [3.8, 4) is 51.0 Å². The van der Waals surface area contributed by atoms with Crippen molar-refractivity contribution in [3.05, 3.63) is 169 Å². The van der Waals surface area contributed by atoms with Gasteiger partial charge in [-0.05, 0) is 58.7 Å². The molecule has 1 aliphatic rings. The number of fused-ring (bicyclic) bond motifs is 10. The summed E-state index contributed by atoms with van der Waals surface area (Å²) in [6.45, 7) is 4.60. The van der Waals surface area contributed by atoms with Gasteiger partial charge in [0.25, 0.3) is 0 Å². The zero-order valence-corrected chi connectivity index (χ0v) is 29.2.